The predicted molar refractivity (Wildman–Crippen MR) is 161 cm³/mol. The number of carboxylic acids is 1. The number of hydrogen-bond acceptors (Lipinski definition) is 8. The number of benzene rings is 2. The maximum Gasteiger partial charge on any atom is 0.490 e. The average Bonchev–Trinajstić information content (AvgIpc) is 3.59. The van der Waals surface area contributed by atoms with E-state index in [-0.39, 0.29) is 30.3 Å². The van der Waals surface area contributed by atoms with Gasteiger partial charge >= 0.3 is 12.1 Å². The third-order valence-electron chi connectivity index (χ3n) is 7.18. The minimum atomic E-state index is -5.08. The minimum absolute atomic E-state index is 0.188. The van der Waals surface area contributed by atoms with Crippen molar-refractivity contribution in [3.63, 3.8) is 0 Å². The van der Waals surface area contributed by atoms with Crippen LogP contribution in [0.2, 0.25) is 5.02 Å². The Morgan fingerprint density at radius 1 is 1.13 bits per heavy atom. The normalized spacial score (nSPS) is 16.8. The molecule has 242 valence electrons. The molecule has 2 aromatic carbocycles. The van der Waals surface area contributed by atoms with Crippen molar-refractivity contribution in [1.29, 1.82) is 0 Å². The number of hydrogen-bond donors (Lipinski definition) is 4. The highest BCUT2D eigenvalue weighted by Gasteiger charge is 2.38. The van der Waals surface area contributed by atoms with Gasteiger partial charge in [0.25, 0.3) is 0 Å². The lowest BCUT2D eigenvalue weighted by Crippen LogP contribution is -2.53. The van der Waals surface area contributed by atoms with Crippen LogP contribution in [0, 0.1) is 0 Å². The Kier molecular flexibility index (Phi) is 11.4. The molecule has 46 heavy (non-hydrogen) atoms. The van der Waals surface area contributed by atoms with Crippen LogP contribution in [0.1, 0.15) is 36.8 Å². The van der Waals surface area contributed by atoms with Gasteiger partial charge in [0.1, 0.15) is 12.4 Å². The van der Waals surface area contributed by atoms with E-state index >= 15 is 0 Å². The van der Waals surface area contributed by atoms with Crippen LogP contribution in [-0.4, -0.2) is 72.9 Å². The van der Waals surface area contributed by atoms with Gasteiger partial charge in [0.05, 0.1) is 11.7 Å². The van der Waals surface area contributed by atoms with Gasteiger partial charge in [-0.25, -0.2) is 9.48 Å². The van der Waals surface area contributed by atoms with Crippen molar-refractivity contribution < 1.29 is 32.7 Å². The molecule has 2 aromatic heterocycles. The summed E-state index contributed by atoms with van der Waals surface area (Å²) in [5.41, 5.74) is 4.83. The number of alkyl halides is 3. The molecule has 1 aliphatic heterocycles. The number of piperidine rings is 1. The largest absolute Gasteiger partial charge is 0.490 e. The Hall–Kier alpha value is -4.89. The summed E-state index contributed by atoms with van der Waals surface area (Å²) >= 11 is 6.16. The SMILES string of the molecule is C[C@H](NC(=O)[C@H]1C[C@@H](c2ccc(-c3cccnc3)cc2)CCN1)C(=O)NCc1cc(Cl)ccc1-n1cnnn1.O=C(O)C(F)(F)F. The highest BCUT2D eigenvalue weighted by molar-refractivity contribution is 6.30. The molecular formula is C30H30ClF3N8O4. The van der Waals surface area contributed by atoms with Gasteiger partial charge in [-0.3, -0.25) is 14.6 Å². The summed E-state index contributed by atoms with van der Waals surface area (Å²) in [7, 11) is 0. The molecule has 5 rings (SSSR count). The molecule has 3 heterocycles. The van der Waals surface area contributed by atoms with E-state index in [9.17, 15) is 22.8 Å². The molecule has 4 aromatic rings. The van der Waals surface area contributed by atoms with Crippen molar-refractivity contribution in [3.8, 4) is 16.8 Å². The summed E-state index contributed by atoms with van der Waals surface area (Å²) in [6.07, 6.45) is 1.59. The second kappa shape index (κ2) is 15.4. The van der Waals surface area contributed by atoms with Crippen molar-refractivity contribution >= 4 is 29.4 Å². The fraction of sp³-hybridized carbons (Fsp3) is 0.300. The van der Waals surface area contributed by atoms with Crippen molar-refractivity contribution in [2.75, 3.05) is 6.54 Å². The number of tetrazole rings is 1. The maximum absolute atomic E-state index is 13.1. The number of amides is 2. The molecule has 0 unspecified atom stereocenters. The molecule has 0 radical (unpaired) electrons. The number of nitrogens with zero attached hydrogens (tertiary/aromatic N) is 5. The Morgan fingerprint density at radius 3 is 2.50 bits per heavy atom. The van der Waals surface area contributed by atoms with Crippen LogP contribution in [-0.2, 0) is 20.9 Å². The van der Waals surface area contributed by atoms with Gasteiger partial charge in [-0.2, -0.15) is 13.2 Å². The number of nitrogens with one attached hydrogen (secondary N) is 3. The molecule has 4 N–H and O–H groups in total. The third-order valence-corrected chi connectivity index (χ3v) is 7.42. The van der Waals surface area contributed by atoms with E-state index in [2.05, 4.69) is 60.7 Å². The summed E-state index contributed by atoms with van der Waals surface area (Å²) in [5.74, 6) is -3.00. The molecule has 0 aliphatic carbocycles. The highest BCUT2D eigenvalue weighted by Crippen LogP contribution is 2.30. The Labute approximate surface area is 266 Å². The standard InChI is InChI=1S/C28H29ClN8O2.C2HF3O2/c1-18(27(38)32-16-23-13-24(29)8-9-26(23)37-17-33-35-36-37)34-28(39)25-14-21(10-12-31-25)19-4-6-20(7-5-19)22-3-2-11-30-15-22;3-2(4,5)1(6)7/h2-9,11,13,15,17-18,21,25,31H,10,12,14,16H2,1H3,(H,32,38)(H,34,39);(H,6,7)/t18-,21-,25+;/m0./s1. The second-order valence-electron chi connectivity index (χ2n) is 10.4. The predicted octanol–water partition coefficient (Wildman–Crippen LogP) is 3.67. The molecule has 1 fully saturated rings. The van der Waals surface area contributed by atoms with Crippen LogP contribution < -0.4 is 16.0 Å². The van der Waals surface area contributed by atoms with Crippen molar-refractivity contribution in [3.05, 3.63) is 89.5 Å². The molecule has 3 atom stereocenters. The summed E-state index contributed by atoms with van der Waals surface area (Å²) in [6, 6.07) is 16.6. The maximum atomic E-state index is 13.1. The van der Waals surface area contributed by atoms with E-state index in [1.54, 1.807) is 31.3 Å². The van der Waals surface area contributed by atoms with E-state index in [1.807, 2.05) is 18.3 Å². The number of aliphatic carboxylic acids is 1. The van der Waals surface area contributed by atoms with E-state index in [0.717, 1.165) is 29.7 Å². The summed E-state index contributed by atoms with van der Waals surface area (Å²) < 4.78 is 33.2. The summed E-state index contributed by atoms with van der Waals surface area (Å²) in [5, 5.41) is 27.9. The lowest BCUT2D eigenvalue weighted by Gasteiger charge is -2.30. The fourth-order valence-electron chi connectivity index (χ4n) is 4.81. The number of halogens is 4. The lowest BCUT2D eigenvalue weighted by atomic mass is 9.85. The Morgan fingerprint density at radius 2 is 1.87 bits per heavy atom. The monoisotopic (exact) mass is 658 g/mol. The first kappa shape index (κ1) is 34.0. The number of aromatic nitrogens is 5. The van der Waals surface area contributed by atoms with E-state index in [4.69, 9.17) is 21.5 Å². The van der Waals surface area contributed by atoms with Crippen molar-refractivity contribution in [2.45, 2.75) is 50.5 Å². The Bertz CT molecular complexity index is 1620. The molecule has 0 saturated carbocycles. The smallest absolute Gasteiger partial charge is 0.475 e. The first-order valence-electron chi connectivity index (χ1n) is 14.1. The second-order valence-corrected chi connectivity index (χ2v) is 10.8. The van der Waals surface area contributed by atoms with Crippen LogP contribution in [0.3, 0.4) is 0 Å². The van der Waals surface area contributed by atoms with Crippen molar-refractivity contribution in [1.82, 2.24) is 41.1 Å². The van der Waals surface area contributed by atoms with Gasteiger partial charge in [0.15, 0.2) is 0 Å². The number of carboxylic acid groups (broad SMARTS) is 1. The molecule has 1 saturated heterocycles. The van der Waals surface area contributed by atoms with Crippen molar-refractivity contribution in [2.24, 2.45) is 0 Å². The quantitative estimate of drug-likeness (QED) is 0.221. The average molecular weight is 659 g/mol. The van der Waals surface area contributed by atoms with Gasteiger partial charge in [-0.15, -0.1) is 5.10 Å². The summed E-state index contributed by atoms with van der Waals surface area (Å²) in [4.78, 5) is 39.0. The van der Waals surface area contributed by atoms with Gasteiger partial charge in [0.2, 0.25) is 11.8 Å². The summed E-state index contributed by atoms with van der Waals surface area (Å²) in [6.45, 7) is 2.60. The van der Waals surface area contributed by atoms with Gasteiger partial charge < -0.3 is 21.1 Å². The first-order valence-corrected chi connectivity index (χ1v) is 14.4. The Balaban J connectivity index is 0.000000617. The minimum Gasteiger partial charge on any atom is -0.475 e. The van der Waals surface area contributed by atoms with Crippen LogP contribution in [0.5, 0.6) is 0 Å². The molecule has 2 amide bonds. The van der Waals surface area contributed by atoms with Gasteiger partial charge in [-0.1, -0.05) is 41.9 Å². The molecular weight excluding hydrogens is 629 g/mol. The molecule has 16 heteroatoms. The van der Waals surface area contributed by atoms with Crippen LogP contribution in [0.4, 0.5) is 13.2 Å². The van der Waals surface area contributed by atoms with Crippen LogP contribution >= 0.6 is 11.6 Å². The third kappa shape index (κ3) is 9.31. The first-order chi connectivity index (χ1) is 21.9. The number of pyridine rings is 1. The highest BCUT2D eigenvalue weighted by atomic mass is 35.5. The molecule has 1 aliphatic rings. The molecule has 12 nitrogen and oxygen atoms in total. The van der Waals surface area contributed by atoms with Gasteiger partial charge in [-0.05, 0) is 89.2 Å². The fourth-order valence-corrected chi connectivity index (χ4v) is 5.00. The number of carbonyl (C=O) groups excluding carboxylic acids is 2. The zero-order chi connectivity index (χ0) is 33.3. The lowest BCUT2D eigenvalue weighted by molar-refractivity contribution is -0.192. The van der Waals surface area contributed by atoms with Gasteiger partial charge in [0, 0.05) is 24.0 Å². The molecule has 0 bridgehead atoms. The topological polar surface area (TPSA) is 164 Å². The number of rotatable bonds is 8. The van der Waals surface area contributed by atoms with Crippen LogP contribution in [0.25, 0.3) is 16.8 Å². The number of carbonyl (C=O) groups is 3. The van der Waals surface area contributed by atoms with E-state index in [0.29, 0.717) is 17.1 Å². The van der Waals surface area contributed by atoms with E-state index < -0.39 is 18.2 Å². The van der Waals surface area contributed by atoms with E-state index in [1.165, 1.54) is 16.6 Å². The zero-order valence-corrected chi connectivity index (χ0v) is 25.2. The zero-order valence-electron chi connectivity index (χ0n) is 24.4. The van der Waals surface area contributed by atoms with Crippen LogP contribution in [0.15, 0.2) is 73.3 Å². The molecule has 0 spiro atoms.